The van der Waals surface area contributed by atoms with Crippen LogP contribution in [0.5, 0.6) is 5.75 Å². The topological polar surface area (TPSA) is 69.4 Å². The summed E-state index contributed by atoms with van der Waals surface area (Å²) in [5, 5.41) is 9.14. The predicted molar refractivity (Wildman–Crippen MR) is 126 cm³/mol. The Morgan fingerprint density at radius 3 is 2.29 bits per heavy atom. The highest BCUT2D eigenvalue weighted by molar-refractivity contribution is 6.30. The molecule has 31 heavy (non-hydrogen) atoms. The molecule has 0 saturated heterocycles. The molecule has 0 aliphatic carbocycles. The van der Waals surface area contributed by atoms with Crippen LogP contribution in [0.25, 0.3) is 5.69 Å². The molecule has 164 valence electrons. The van der Waals surface area contributed by atoms with Gasteiger partial charge in [-0.15, -0.1) is 10.2 Å². The number of aliphatic imine (C=N–C) groups is 1. The van der Waals surface area contributed by atoms with E-state index in [0.29, 0.717) is 11.6 Å². The Hall–Kier alpha value is -2.99. The second kappa shape index (κ2) is 11.4. The molecule has 2 heterocycles. The van der Waals surface area contributed by atoms with Gasteiger partial charge in [-0.3, -0.25) is 9.56 Å². The van der Waals surface area contributed by atoms with Crippen LogP contribution in [0.3, 0.4) is 0 Å². The lowest BCUT2D eigenvalue weighted by Crippen LogP contribution is -2.08. The van der Waals surface area contributed by atoms with Crippen molar-refractivity contribution in [3.63, 3.8) is 0 Å². The van der Waals surface area contributed by atoms with Crippen LogP contribution in [-0.4, -0.2) is 33.4 Å². The minimum atomic E-state index is 0.167. The number of fused-ring (bicyclic) bond motifs is 3. The molecular weight excluding hydrogens is 412 g/mol. The van der Waals surface area contributed by atoms with Gasteiger partial charge in [-0.25, -0.2) is 0 Å². The third kappa shape index (κ3) is 6.25. The summed E-state index contributed by atoms with van der Waals surface area (Å²) in [4.78, 5) is 14.2. The van der Waals surface area contributed by atoms with Gasteiger partial charge in [0.2, 0.25) is 0 Å². The van der Waals surface area contributed by atoms with Crippen LogP contribution in [-0.2, 0) is 11.3 Å². The van der Waals surface area contributed by atoms with E-state index in [1.54, 1.807) is 7.11 Å². The summed E-state index contributed by atoms with van der Waals surface area (Å²) in [7, 11) is 1.66. The number of hydrogen-bond donors (Lipinski definition) is 0. The standard InChI is InChI=1S/C18H15ClN4O.C3H6O.C3H8/c1-11-21-22-17-10-20-18(12-3-5-13(19)6-4-12)15-9-14(24-2)7-8-16(15)23(11)17;1-3(2)4;1-3-2/h3-9H,10H2,1-2H3;1-2H3;3H2,1-2H3. The van der Waals surface area contributed by atoms with Crippen molar-refractivity contribution < 1.29 is 9.53 Å². The molecule has 0 spiro atoms. The van der Waals surface area contributed by atoms with Crippen molar-refractivity contribution in [1.82, 2.24) is 14.8 Å². The molecule has 0 unspecified atom stereocenters. The number of carbonyl (C=O) groups excluding carboxylic acids is 1. The van der Waals surface area contributed by atoms with Crippen molar-refractivity contribution in [3.05, 3.63) is 70.3 Å². The van der Waals surface area contributed by atoms with Crippen LogP contribution in [0, 0.1) is 6.92 Å². The first-order valence-electron chi connectivity index (χ1n) is 10.2. The Morgan fingerprint density at radius 1 is 1.10 bits per heavy atom. The van der Waals surface area contributed by atoms with Gasteiger partial charge in [-0.2, -0.15) is 0 Å². The number of aryl methyl sites for hydroxylation is 1. The maximum atomic E-state index is 9.44. The van der Waals surface area contributed by atoms with E-state index in [0.717, 1.165) is 39.9 Å². The van der Waals surface area contributed by atoms with E-state index in [4.69, 9.17) is 21.3 Å². The fraction of sp³-hybridized carbons (Fsp3) is 0.333. The smallest absolute Gasteiger partial charge is 0.159 e. The number of benzene rings is 2. The molecule has 6 nitrogen and oxygen atoms in total. The molecule has 1 aliphatic rings. The second-order valence-electron chi connectivity index (χ2n) is 7.17. The summed E-state index contributed by atoms with van der Waals surface area (Å²) < 4.78 is 7.45. The number of ketones is 1. The first-order valence-corrected chi connectivity index (χ1v) is 10.6. The quantitative estimate of drug-likeness (QED) is 0.520. The highest BCUT2D eigenvalue weighted by Gasteiger charge is 2.22. The molecular formula is C24H29ClN4O2. The van der Waals surface area contributed by atoms with Gasteiger partial charge in [-0.1, -0.05) is 44.0 Å². The average molecular weight is 441 g/mol. The van der Waals surface area contributed by atoms with Crippen LogP contribution < -0.4 is 4.74 Å². The Labute approximate surface area is 189 Å². The van der Waals surface area contributed by atoms with E-state index >= 15 is 0 Å². The number of ether oxygens (including phenoxy) is 1. The lowest BCUT2D eigenvalue weighted by atomic mass is 10.00. The van der Waals surface area contributed by atoms with Crippen molar-refractivity contribution in [3.8, 4) is 11.4 Å². The van der Waals surface area contributed by atoms with E-state index in [1.807, 2.05) is 54.0 Å². The lowest BCUT2D eigenvalue weighted by molar-refractivity contribution is -0.114. The third-order valence-electron chi connectivity index (χ3n) is 4.09. The first-order chi connectivity index (χ1) is 14.8. The molecule has 3 aromatic rings. The maximum Gasteiger partial charge on any atom is 0.159 e. The number of nitrogens with zero attached hydrogens (tertiary/aromatic N) is 4. The van der Waals surface area contributed by atoms with E-state index in [9.17, 15) is 4.79 Å². The monoisotopic (exact) mass is 440 g/mol. The van der Waals surface area contributed by atoms with Crippen molar-refractivity contribution in [2.45, 2.75) is 47.6 Å². The summed E-state index contributed by atoms with van der Waals surface area (Å²) >= 11 is 6.02. The summed E-state index contributed by atoms with van der Waals surface area (Å²) in [5.41, 5.74) is 3.88. The zero-order valence-corrected chi connectivity index (χ0v) is 19.7. The van der Waals surface area contributed by atoms with Crippen molar-refractivity contribution in [1.29, 1.82) is 0 Å². The summed E-state index contributed by atoms with van der Waals surface area (Å²) in [6.45, 7) is 9.72. The van der Waals surface area contributed by atoms with Crippen molar-refractivity contribution >= 4 is 23.1 Å². The van der Waals surface area contributed by atoms with E-state index in [1.165, 1.54) is 20.3 Å². The van der Waals surface area contributed by atoms with E-state index in [-0.39, 0.29) is 5.78 Å². The Bertz CT molecular complexity index is 1050. The molecule has 1 aliphatic heterocycles. The van der Waals surface area contributed by atoms with Crippen LogP contribution in [0.4, 0.5) is 0 Å². The number of aromatic nitrogens is 3. The molecule has 0 N–H and O–H groups in total. The largest absolute Gasteiger partial charge is 0.497 e. The Morgan fingerprint density at radius 2 is 1.71 bits per heavy atom. The molecule has 4 rings (SSSR count). The molecule has 0 fully saturated rings. The SMILES string of the molecule is CC(C)=O.CCC.COc1ccc2c(c1)C(c1ccc(Cl)cc1)=NCc1nnc(C)n1-2. The van der Waals surface area contributed by atoms with Crippen LogP contribution in [0.1, 0.15) is 56.9 Å². The summed E-state index contributed by atoms with van der Waals surface area (Å²) in [6.07, 6.45) is 1.25. The van der Waals surface area contributed by atoms with Gasteiger partial charge in [0.15, 0.2) is 5.82 Å². The number of hydrogen-bond acceptors (Lipinski definition) is 5. The summed E-state index contributed by atoms with van der Waals surface area (Å²) in [6, 6.07) is 13.6. The highest BCUT2D eigenvalue weighted by atomic mass is 35.5. The van der Waals surface area contributed by atoms with Crippen LogP contribution >= 0.6 is 11.6 Å². The highest BCUT2D eigenvalue weighted by Crippen LogP contribution is 2.29. The fourth-order valence-corrected chi connectivity index (χ4v) is 3.06. The summed E-state index contributed by atoms with van der Waals surface area (Å²) in [5.74, 6) is 2.61. The second-order valence-corrected chi connectivity index (χ2v) is 7.61. The number of Topliss-reactive ketones (excluding diaryl/α,β-unsaturated/α-hetero) is 1. The van der Waals surface area contributed by atoms with Crippen molar-refractivity contribution in [2.24, 2.45) is 4.99 Å². The van der Waals surface area contributed by atoms with Crippen LogP contribution in [0.15, 0.2) is 47.5 Å². The van der Waals surface area contributed by atoms with Gasteiger partial charge in [0.05, 0.1) is 18.5 Å². The number of carbonyl (C=O) groups is 1. The number of methoxy groups -OCH3 is 1. The molecule has 2 aromatic carbocycles. The molecule has 0 amide bonds. The molecule has 0 bridgehead atoms. The first kappa shape index (κ1) is 24.3. The van der Waals surface area contributed by atoms with Crippen molar-refractivity contribution in [2.75, 3.05) is 7.11 Å². The minimum Gasteiger partial charge on any atom is -0.497 e. The zero-order valence-electron chi connectivity index (χ0n) is 18.9. The average Bonchev–Trinajstić information content (AvgIpc) is 3.01. The Kier molecular flexibility index (Phi) is 8.94. The Balaban J connectivity index is 0.000000431. The van der Waals surface area contributed by atoms with Crippen LogP contribution in [0.2, 0.25) is 5.02 Å². The zero-order chi connectivity index (χ0) is 23.0. The number of halogens is 1. The fourth-order valence-electron chi connectivity index (χ4n) is 2.94. The molecule has 0 atom stereocenters. The minimum absolute atomic E-state index is 0.167. The van der Waals surface area contributed by atoms with Gasteiger partial charge in [0.1, 0.15) is 23.9 Å². The lowest BCUT2D eigenvalue weighted by Gasteiger charge is -2.14. The molecule has 1 aromatic heterocycles. The molecule has 7 heteroatoms. The van der Waals surface area contributed by atoms with Gasteiger partial charge < -0.3 is 9.53 Å². The van der Waals surface area contributed by atoms with Gasteiger partial charge >= 0.3 is 0 Å². The predicted octanol–water partition coefficient (Wildman–Crippen LogP) is 5.60. The van der Waals surface area contributed by atoms with E-state index < -0.39 is 0 Å². The maximum absolute atomic E-state index is 9.44. The third-order valence-corrected chi connectivity index (χ3v) is 4.34. The molecule has 0 radical (unpaired) electrons. The number of rotatable bonds is 2. The van der Waals surface area contributed by atoms with Gasteiger partial charge in [0.25, 0.3) is 0 Å². The molecule has 0 saturated carbocycles. The van der Waals surface area contributed by atoms with E-state index in [2.05, 4.69) is 24.0 Å². The normalized spacial score (nSPS) is 11.4. The van der Waals surface area contributed by atoms with Gasteiger partial charge in [-0.05, 0) is 51.1 Å². The van der Waals surface area contributed by atoms with Gasteiger partial charge in [0, 0.05) is 16.1 Å².